The molecule has 106 valence electrons. The molecule has 4 heteroatoms. The number of nitrogens with one attached hydrogen (secondary N) is 2. The summed E-state index contributed by atoms with van der Waals surface area (Å²) < 4.78 is 0.894. The molecule has 0 atom stereocenters. The fourth-order valence-corrected chi connectivity index (χ4v) is 2.75. The number of aromatic amines is 1. The highest BCUT2D eigenvalue weighted by Gasteiger charge is 2.08. The van der Waals surface area contributed by atoms with E-state index in [1.807, 2.05) is 48.7 Å². The van der Waals surface area contributed by atoms with Crippen molar-refractivity contribution < 1.29 is 4.79 Å². The Morgan fingerprint density at radius 2 is 1.86 bits per heavy atom. The van der Waals surface area contributed by atoms with E-state index in [1.54, 1.807) is 0 Å². The van der Waals surface area contributed by atoms with Crippen LogP contribution in [0, 0.1) is 0 Å². The molecule has 21 heavy (non-hydrogen) atoms. The van der Waals surface area contributed by atoms with Crippen LogP contribution >= 0.6 is 15.9 Å². The minimum atomic E-state index is 0.0205. The summed E-state index contributed by atoms with van der Waals surface area (Å²) >= 11 is 3.43. The van der Waals surface area contributed by atoms with Gasteiger partial charge in [0.25, 0.3) is 0 Å². The first kappa shape index (κ1) is 13.9. The van der Waals surface area contributed by atoms with Gasteiger partial charge in [0.05, 0.1) is 5.69 Å². The maximum atomic E-state index is 12.1. The van der Waals surface area contributed by atoms with Crippen molar-refractivity contribution in [3.05, 3.63) is 64.8 Å². The van der Waals surface area contributed by atoms with Crippen molar-refractivity contribution in [2.24, 2.45) is 0 Å². The first-order valence-corrected chi connectivity index (χ1v) is 7.63. The number of aryl methyl sites for hydroxylation is 1. The van der Waals surface area contributed by atoms with Gasteiger partial charge in [0.15, 0.2) is 0 Å². The van der Waals surface area contributed by atoms with Gasteiger partial charge in [-0.3, -0.25) is 4.79 Å². The summed E-state index contributed by atoms with van der Waals surface area (Å²) in [5.41, 5.74) is 3.09. The lowest BCUT2D eigenvalue weighted by molar-refractivity contribution is -0.116. The lowest BCUT2D eigenvalue weighted by Gasteiger charge is -2.06. The fraction of sp³-hybridized carbons (Fsp3) is 0.118. The predicted molar refractivity (Wildman–Crippen MR) is 89.4 cm³/mol. The van der Waals surface area contributed by atoms with Crippen LogP contribution in [0.25, 0.3) is 10.9 Å². The van der Waals surface area contributed by atoms with Gasteiger partial charge in [-0.2, -0.15) is 0 Å². The van der Waals surface area contributed by atoms with E-state index < -0.39 is 0 Å². The molecule has 0 saturated carbocycles. The number of hydrogen-bond acceptors (Lipinski definition) is 1. The van der Waals surface area contributed by atoms with Crippen LogP contribution in [0.15, 0.2) is 59.2 Å². The minimum Gasteiger partial charge on any atom is -0.361 e. The number of rotatable bonds is 4. The molecule has 3 nitrogen and oxygen atoms in total. The first-order chi connectivity index (χ1) is 10.2. The number of hydrogen-bond donors (Lipinski definition) is 2. The SMILES string of the molecule is O=C(CCc1c[nH]c2ccccc12)Nc1ccccc1Br. The molecule has 0 aliphatic heterocycles. The number of amides is 1. The van der Waals surface area contributed by atoms with E-state index in [0.717, 1.165) is 22.1 Å². The number of anilines is 1. The zero-order chi connectivity index (χ0) is 14.7. The second kappa shape index (κ2) is 6.14. The number of benzene rings is 2. The number of fused-ring (bicyclic) bond motifs is 1. The Bertz CT molecular complexity index is 779. The predicted octanol–water partition coefficient (Wildman–Crippen LogP) is 4.50. The lowest BCUT2D eigenvalue weighted by atomic mass is 10.1. The average molecular weight is 343 g/mol. The molecule has 3 rings (SSSR count). The highest BCUT2D eigenvalue weighted by atomic mass is 79.9. The summed E-state index contributed by atoms with van der Waals surface area (Å²) in [5.74, 6) is 0.0205. The molecule has 1 aromatic heterocycles. The van der Waals surface area contributed by atoms with E-state index in [0.29, 0.717) is 6.42 Å². The fourth-order valence-electron chi connectivity index (χ4n) is 2.36. The van der Waals surface area contributed by atoms with Gasteiger partial charge in [0.1, 0.15) is 0 Å². The number of halogens is 1. The zero-order valence-corrected chi connectivity index (χ0v) is 13.0. The van der Waals surface area contributed by atoms with E-state index in [2.05, 4.69) is 32.3 Å². The quantitative estimate of drug-likeness (QED) is 0.720. The van der Waals surface area contributed by atoms with Crippen molar-refractivity contribution in [1.29, 1.82) is 0 Å². The number of para-hydroxylation sites is 2. The van der Waals surface area contributed by atoms with Gasteiger partial charge < -0.3 is 10.3 Å². The molecule has 0 saturated heterocycles. The number of carbonyl (C=O) groups excluding carboxylic acids is 1. The molecule has 0 bridgehead atoms. The van der Waals surface area contributed by atoms with Crippen LogP contribution in [0.1, 0.15) is 12.0 Å². The zero-order valence-electron chi connectivity index (χ0n) is 11.4. The van der Waals surface area contributed by atoms with Crippen molar-refractivity contribution in [2.45, 2.75) is 12.8 Å². The molecule has 1 heterocycles. The van der Waals surface area contributed by atoms with Crippen LogP contribution < -0.4 is 5.32 Å². The highest BCUT2D eigenvalue weighted by molar-refractivity contribution is 9.10. The summed E-state index contributed by atoms with van der Waals surface area (Å²) in [6.07, 6.45) is 3.17. The Balaban J connectivity index is 1.65. The van der Waals surface area contributed by atoms with Gasteiger partial charge in [0.2, 0.25) is 5.91 Å². The number of H-pyrrole nitrogens is 1. The number of aromatic nitrogens is 1. The Kier molecular flexibility index (Phi) is 4.06. The Morgan fingerprint density at radius 3 is 2.71 bits per heavy atom. The molecule has 2 aromatic carbocycles. The third kappa shape index (κ3) is 3.16. The maximum absolute atomic E-state index is 12.1. The molecular weight excluding hydrogens is 328 g/mol. The Hall–Kier alpha value is -2.07. The second-order valence-corrected chi connectivity index (χ2v) is 5.74. The van der Waals surface area contributed by atoms with Crippen LogP contribution in [-0.2, 0) is 11.2 Å². The van der Waals surface area contributed by atoms with E-state index in [4.69, 9.17) is 0 Å². The summed E-state index contributed by atoms with van der Waals surface area (Å²) in [4.78, 5) is 15.3. The van der Waals surface area contributed by atoms with Gasteiger partial charge in [-0.25, -0.2) is 0 Å². The lowest BCUT2D eigenvalue weighted by Crippen LogP contribution is -2.12. The van der Waals surface area contributed by atoms with E-state index in [-0.39, 0.29) is 5.91 Å². The van der Waals surface area contributed by atoms with Gasteiger partial charge in [0, 0.05) is 28.0 Å². The molecule has 0 aliphatic carbocycles. The molecule has 1 amide bonds. The van der Waals surface area contributed by atoms with E-state index in [9.17, 15) is 4.79 Å². The smallest absolute Gasteiger partial charge is 0.224 e. The Morgan fingerprint density at radius 1 is 1.10 bits per heavy atom. The van der Waals surface area contributed by atoms with Crippen LogP contribution in [0.4, 0.5) is 5.69 Å². The monoisotopic (exact) mass is 342 g/mol. The van der Waals surface area contributed by atoms with Crippen LogP contribution in [-0.4, -0.2) is 10.9 Å². The molecule has 0 unspecified atom stereocenters. The maximum Gasteiger partial charge on any atom is 0.224 e. The van der Waals surface area contributed by atoms with Crippen molar-refractivity contribution in [3.8, 4) is 0 Å². The summed E-state index contributed by atoms with van der Waals surface area (Å²) in [6.45, 7) is 0. The molecular formula is C17H15BrN2O. The van der Waals surface area contributed by atoms with Crippen molar-refractivity contribution in [1.82, 2.24) is 4.98 Å². The number of carbonyl (C=O) groups is 1. The molecule has 0 aliphatic rings. The van der Waals surface area contributed by atoms with Gasteiger partial charge in [-0.1, -0.05) is 30.3 Å². The molecule has 0 radical (unpaired) electrons. The molecule has 3 aromatic rings. The van der Waals surface area contributed by atoms with Crippen LogP contribution in [0.5, 0.6) is 0 Å². The van der Waals surface area contributed by atoms with Crippen molar-refractivity contribution in [3.63, 3.8) is 0 Å². The standard InChI is InChI=1S/C17H15BrN2O/c18-14-6-2-4-8-16(14)20-17(21)10-9-12-11-19-15-7-3-1-5-13(12)15/h1-8,11,19H,9-10H2,(H,20,21). The second-order valence-electron chi connectivity index (χ2n) is 4.89. The third-order valence-electron chi connectivity index (χ3n) is 3.44. The summed E-state index contributed by atoms with van der Waals surface area (Å²) in [5, 5.41) is 4.11. The van der Waals surface area contributed by atoms with Crippen molar-refractivity contribution >= 4 is 38.4 Å². The van der Waals surface area contributed by atoms with E-state index >= 15 is 0 Å². The molecule has 0 fully saturated rings. The van der Waals surface area contributed by atoms with Crippen LogP contribution in [0.3, 0.4) is 0 Å². The summed E-state index contributed by atoms with van der Waals surface area (Å²) in [7, 11) is 0. The normalized spacial score (nSPS) is 10.7. The third-order valence-corrected chi connectivity index (χ3v) is 4.14. The topological polar surface area (TPSA) is 44.9 Å². The van der Waals surface area contributed by atoms with Crippen LogP contribution in [0.2, 0.25) is 0 Å². The van der Waals surface area contributed by atoms with Gasteiger partial charge >= 0.3 is 0 Å². The first-order valence-electron chi connectivity index (χ1n) is 6.83. The largest absolute Gasteiger partial charge is 0.361 e. The highest BCUT2D eigenvalue weighted by Crippen LogP contribution is 2.22. The van der Waals surface area contributed by atoms with Crippen molar-refractivity contribution in [2.75, 3.05) is 5.32 Å². The minimum absolute atomic E-state index is 0.0205. The van der Waals surface area contributed by atoms with Gasteiger partial charge in [-0.15, -0.1) is 0 Å². The van der Waals surface area contributed by atoms with E-state index in [1.165, 1.54) is 10.9 Å². The molecule has 0 spiro atoms. The van der Waals surface area contributed by atoms with Gasteiger partial charge in [-0.05, 0) is 46.1 Å². The average Bonchev–Trinajstić information content (AvgIpc) is 2.91. The molecule has 2 N–H and O–H groups in total. The summed E-state index contributed by atoms with van der Waals surface area (Å²) in [6, 6.07) is 15.8. The Labute approximate surface area is 131 Å².